The number of carbonyl (C=O) groups excluding carboxylic acids is 1. The molecule has 1 fully saturated rings. The van der Waals surface area contributed by atoms with Crippen molar-refractivity contribution in [2.75, 3.05) is 11.4 Å². The molecule has 1 unspecified atom stereocenters. The quantitative estimate of drug-likeness (QED) is 0.755. The van der Waals surface area contributed by atoms with E-state index in [9.17, 15) is 9.59 Å². The first-order valence-corrected chi connectivity index (χ1v) is 4.86. The van der Waals surface area contributed by atoms with Crippen molar-refractivity contribution in [3.8, 4) is 6.07 Å². The predicted octanol–water partition coefficient (Wildman–Crippen LogP) is -0.214. The molecule has 1 atom stereocenters. The van der Waals surface area contributed by atoms with E-state index in [1.54, 1.807) is 0 Å². The summed E-state index contributed by atoms with van der Waals surface area (Å²) in [5.74, 6) is -1.93. The normalized spacial score (nSPS) is 19.1. The van der Waals surface area contributed by atoms with Crippen LogP contribution in [-0.4, -0.2) is 33.5 Å². The minimum Gasteiger partial charge on any atom is -0.481 e. The Morgan fingerprint density at radius 1 is 1.65 bits per heavy atom. The van der Waals surface area contributed by atoms with Gasteiger partial charge in [-0.05, 0) is 0 Å². The van der Waals surface area contributed by atoms with Gasteiger partial charge in [0, 0.05) is 13.0 Å². The van der Waals surface area contributed by atoms with Gasteiger partial charge in [-0.1, -0.05) is 0 Å². The number of nitriles is 1. The highest BCUT2D eigenvalue weighted by Crippen LogP contribution is 2.25. The first-order chi connectivity index (χ1) is 8.13. The van der Waals surface area contributed by atoms with E-state index in [1.807, 2.05) is 6.07 Å². The molecule has 7 heteroatoms. The van der Waals surface area contributed by atoms with Gasteiger partial charge in [0.1, 0.15) is 18.0 Å². The smallest absolute Gasteiger partial charge is 0.308 e. The Balaban J connectivity index is 2.33. The van der Waals surface area contributed by atoms with Crippen molar-refractivity contribution in [2.24, 2.45) is 5.92 Å². The van der Waals surface area contributed by atoms with Crippen LogP contribution in [0.1, 0.15) is 12.0 Å². The van der Waals surface area contributed by atoms with E-state index in [4.69, 9.17) is 10.4 Å². The summed E-state index contributed by atoms with van der Waals surface area (Å²) in [4.78, 5) is 31.2. The number of carbonyl (C=O) groups is 2. The largest absolute Gasteiger partial charge is 0.481 e. The Morgan fingerprint density at radius 3 is 3.00 bits per heavy atom. The Labute approximate surface area is 96.3 Å². The van der Waals surface area contributed by atoms with Crippen LogP contribution in [0.15, 0.2) is 12.5 Å². The third-order valence-electron chi connectivity index (χ3n) is 2.54. The molecule has 0 saturated carbocycles. The fraction of sp³-hybridized carbons (Fsp3) is 0.300. The average molecular weight is 232 g/mol. The van der Waals surface area contributed by atoms with Gasteiger partial charge in [0.05, 0.1) is 12.1 Å². The molecular formula is C10H8N4O3. The summed E-state index contributed by atoms with van der Waals surface area (Å²) in [6, 6.07) is 1.87. The Bertz CT molecular complexity index is 523. The minimum atomic E-state index is -1.02. The molecule has 1 aliphatic rings. The van der Waals surface area contributed by atoms with Gasteiger partial charge in [0.15, 0.2) is 5.82 Å². The number of anilines is 1. The summed E-state index contributed by atoms with van der Waals surface area (Å²) >= 11 is 0. The van der Waals surface area contributed by atoms with Crippen molar-refractivity contribution in [3.05, 3.63) is 18.1 Å². The van der Waals surface area contributed by atoms with Crippen LogP contribution in [0.4, 0.5) is 5.82 Å². The molecule has 0 bridgehead atoms. The van der Waals surface area contributed by atoms with Gasteiger partial charge in [-0.2, -0.15) is 5.26 Å². The summed E-state index contributed by atoms with van der Waals surface area (Å²) in [6.07, 6.45) is 2.45. The Morgan fingerprint density at radius 2 is 2.41 bits per heavy atom. The molecule has 1 amide bonds. The van der Waals surface area contributed by atoms with Crippen molar-refractivity contribution in [3.63, 3.8) is 0 Å². The number of rotatable bonds is 2. The standard InChI is InChI=1S/C10H8N4O3/c11-2-7-3-12-5-13-9(7)14-4-6(10(16)17)1-8(14)15/h3,5-6H,1,4H2,(H,16,17). The molecule has 1 saturated heterocycles. The maximum absolute atomic E-state index is 11.7. The van der Waals surface area contributed by atoms with Gasteiger partial charge in [-0.25, -0.2) is 9.97 Å². The molecule has 0 aromatic carbocycles. The number of nitrogens with zero attached hydrogens (tertiary/aromatic N) is 4. The van der Waals surface area contributed by atoms with Crippen LogP contribution < -0.4 is 4.90 Å². The second-order valence-corrected chi connectivity index (χ2v) is 3.62. The fourth-order valence-corrected chi connectivity index (χ4v) is 1.69. The summed E-state index contributed by atoms with van der Waals surface area (Å²) in [5, 5.41) is 17.7. The monoisotopic (exact) mass is 232 g/mol. The van der Waals surface area contributed by atoms with Crippen LogP contribution in [0.2, 0.25) is 0 Å². The van der Waals surface area contributed by atoms with E-state index in [1.165, 1.54) is 17.4 Å². The first-order valence-electron chi connectivity index (χ1n) is 4.86. The molecule has 2 rings (SSSR count). The van der Waals surface area contributed by atoms with Gasteiger partial charge in [0.2, 0.25) is 5.91 Å². The topological polar surface area (TPSA) is 107 Å². The molecule has 1 N–H and O–H groups in total. The van der Waals surface area contributed by atoms with Gasteiger partial charge < -0.3 is 5.11 Å². The number of amides is 1. The molecule has 0 radical (unpaired) electrons. The second-order valence-electron chi connectivity index (χ2n) is 3.62. The van der Waals surface area contributed by atoms with Crippen LogP contribution in [0, 0.1) is 17.2 Å². The number of carboxylic acids is 1. The molecule has 86 valence electrons. The number of hydrogen-bond acceptors (Lipinski definition) is 5. The van der Waals surface area contributed by atoms with Gasteiger partial charge in [-0.3, -0.25) is 14.5 Å². The maximum atomic E-state index is 11.7. The third-order valence-corrected chi connectivity index (χ3v) is 2.54. The van der Waals surface area contributed by atoms with Crippen molar-refractivity contribution in [2.45, 2.75) is 6.42 Å². The molecule has 17 heavy (non-hydrogen) atoms. The zero-order valence-electron chi connectivity index (χ0n) is 8.70. The first kappa shape index (κ1) is 11.0. The van der Waals surface area contributed by atoms with Crippen molar-refractivity contribution in [1.29, 1.82) is 5.26 Å². The van der Waals surface area contributed by atoms with Gasteiger partial charge in [0.25, 0.3) is 0 Å². The molecule has 1 aromatic heterocycles. The Kier molecular flexibility index (Phi) is 2.70. The lowest BCUT2D eigenvalue weighted by atomic mass is 10.1. The van der Waals surface area contributed by atoms with Crippen LogP contribution in [-0.2, 0) is 9.59 Å². The van der Waals surface area contributed by atoms with Gasteiger partial charge in [-0.15, -0.1) is 0 Å². The van der Waals surface area contributed by atoms with Crippen molar-refractivity contribution >= 4 is 17.7 Å². The van der Waals surface area contributed by atoms with Gasteiger partial charge >= 0.3 is 5.97 Å². The Hall–Kier alpha value is -2.49. The highest BCUT2D eigenvalue weighted by molar-refractivity contribution is 5.99. The lowest BCUT2D eigenvalue weighted by Gasteiger charge is -2.15. The van der Waals surface area contributed by atoms with Crippen molar-refractivity contribution < 1.29 is 14.7 Å². The molecule has 1 aromatic rings. The zero-order chi connectivity index (χ0) is 12.4. The van der Waals surface area contributed by atoms with Crippen LogP contribution >= 0.6 is 0 Å². The highest BCUT2D eigenvalue weighted by Gasteiger charge is 2.36. The average Bonchev–Trinajstić information content (AvgIpc) is 2.71. The number of aliphatic carboxylic acids is 1. The number of carboxylic acid groups (broad SMARTS) is 1. The summed E-state index contributed by atoms with van der Waals surface area (Å²) < 4.78 is 0. The molecular weight excluding hydrogens is 224 g/mol. The van der Waals surface area contributed by atoms with Crippen LogP contribution in [0.25, 0.3) is 0 Å². The lowest BCUT2D eigenvalue weighted by molar-refractivity contribution is -0.141. The van der Waals surface area contributed by atoms with E-state index in [0.29, 0.717) is 0 Å². The van der Waals surface area contributed by atoms with E-state index in [2.05, 4.69) is 9.97 Å². The van der Waals surface area contributed by atoms with Crippen LogP contribution in [0.5, 0.6) is 0 Å². The van der Waals surface area contributed by atoms with Crippen LogP contribution in [0.3, 0.4) is 0 Å². The molecule has 2 heterocycles. The molecule has 1 aliphatic heterocycles. The number of hydrogen-bond donors (Lipinski definition) is 1. The third kappa shape index (κ3) is 1.92. The maximum Gasteiger partial charge on any atom is 0.308 e. The summed E-state index contributed by atoms with van der Waals surface area (Å²) in [6.45, 7) is 0.0415. The SMILES string of the molecule is N#Cc1cncnc1N1CC(C(=O)O)CC1=O. The van der Waals surface area contributed by atoms with E-state index in [-0.39, 0.29) is 30.3 Å². The van der Waals surface area contributed by atoms with E-state index >= 15 is 0 Å². The lowest BCUT2D eigenvalue weighted by Crippen LogP contribution is -2.27. The molecule has 0 aliphatic carbocycles. The fourth-order valence-electron chi connectivity index (χ4n) is 1.69. The predicted molar refractivity (Wildman–Crippen MR) is 54.8 cm³/mol. The van der Waals surface area contributed by atoms with E-state index < -0.39 is 11.9 Å². The van der Waals surface area contributed by atoms with Crippen molar-refractivity contribution in [1.82, 2.24) is 9.97 Å². The second kappa shape index (κ2) is 4.17. The summed E-state index contributed by atoms with van der Waals surface area (Å²) in [7, 11) is 0. The molecule has 7 nitrogen and oxygen atoms in total. The summed E-state index contributed by atoms with van der Waals surface area (Å²) in [5.41, 5.74) is 0.159. The zero-order valence-corrected chi connectivity index (χ0v) is 8.70. The highest BCUT2D eigenvalue weighted by atomic mass is 16.4. The minimum absolute atomic E-state index is 0.0415. The van der Waals surface area contributed by atoms with E-state index in [0.717, 1.165) is 0 Å². The molecule has 0 spiro atoms. The number of aromatic nitrogens is 2.